The molecule has 106 valence electrons. The molecule has 0 saturated carbocycles. The smallest absolute Gasteiger partial charge is 0.220 e. The topological polar surface area (TPSA) is 49.3 Å². The first kappa shape index (κ1) is 15.7. The van der Waals surface area contributed by atoms with Crippen LogP contribution in [0, 0.1) is 5.92 Å². The van der Waals surface area contributed by atoms with Gasteiger partial charge in [-0.15, -0.1) is 0 Å². The van der Waals surface area contributed by atoms with Gasteiger partial charge in [-0.05, 0) is 24.3 Å². The number of benzene rings is 1. The molecule has 1 aromatic rings. The van der Waals surface area contributed by atoms with E-state index in [-0.39, 0.29) is 17.7 Å². The minimum absolute atomic E-state index is 0.0164. The molecule has 0 aliphatic heterocycles. The molecule has 0 heterocycles. The summed E-state index contributed by atoms with van der Waals surface area (Å²) in [6.07, 6.45) is 0.443. The van der Waals surface area contributed by atoms with Crippen LogP contribution in [-0.4, -0.2) is 23.2 Å². The molecule has 0 bridgehead atoms. The van der Waals surface area contributed by atoms with Crippen LogP contribution < -0.4 is 5.32 Å². The molecule has 0 aromatic heterocycles. The minimum Gasteiger partial charge on any atom is -0.388 e. The van der Waals surface area contributed by atoms with Gasteiger partial charge in [0.2, 0.25) is 5.91 Å². The highest BCUT2D eigenvalue weighted by Crippen LogP contribution is 2.19. The van der Waals surface area contributed by atoms with Crippen LogP contribution in [0.3, 0.4) is 0 Å². The second-order valence-electron chi connectivity index (χ2n) is 5.80. The lowest BCUT2D eigenvalue weighted by atomic mass is 9.92. The van der Waals surface area contributed by atoms with Gasteiger partial charge in [-0.25, -0.2) is 0 Å². The Kier molecular flexibility index (Phi) is 5.55. The zero-order valence-electron chi connectivity index (χ0n) is 12.3. The van der Waals surface area contributed by atoms with Gasteiger partial charge in [-0.2, -0.15) is 0 Å². The van der Waals surface area contributed by atoms with E-state index >= 15 is 0 Å². The molecular weight excluding hydrogens is 238 g/mol. The SMILES string of the molecule is CC(CC(=O)NCC(C)(O)C(C)C)c1ccccc1. The standard InChI is InChI=1S/C16H25NO2/c1-12(2)16(4,19)11-17-15(18)10-13(3)14-8-6-5-7-9-14/h5-9,12-13,19H,10-11H2,1-4H3,(H,17,18). The van der Waals surface area contributed by atoms with Gasteiger partial charge in [-0.1, -0.05) is 51.1 Å². The quantitative estimate of drug-likeness (QED) is 0.829. The molecule has 0 saturated heterocycles. The number of rotatable bonds is 6. The summed E-state index contributed by atoms with van der Waals surface area (Å²) in [5.74, 6) is 0.279. The van der Waals surface area contributed by atoms with Crippen molar-refractivity contribution >= 4 is 5.91 Å². The third kappa shape index (κ3) is 5.03. The highest BCUT2D eigenvalue weighted by molar-refractivity contribution is 5.76. The van der Waals surface area contributed by atoms with E-state index in [0.717, 1.165) is 5.56 Å². The maximum Gasteiger partial charge on any atom is 0.220 e. The van der Waals surface area contributed by atoms with E-state index in [2.05, 4.69) is 5.32 Å². The van der Waals surface area contributed by atoms with Crippen molar-refractivity contribution in [2.45, 2.75) is 45.6 Å². The third-order valence-corrected chi connectivity index (χ3v) is 3.75. The Hall–Kier alpha value is -1.35. The Balaban J connectivity index is 2.44. The summed E-state index contributed by atoms with van der Waals surface area (Å²) in [5, 5.41) is 12.9. The minimum atomic E-state index is -0.856. The predicted molar refractivity (Wildman–Crippen MR) is 77.9 cm³/mol. The van der Waals surface area contributed by atoms with Crippen molar-refractivity contribution in [1.29, 1.82) is 0 Å². The lowest BCUT2D eigenvalue weighted by Gasteiger charge is -2.28. The van der Waals surface area contributed by atoms with E-state index in [1.54, 1.807) is 6.92 Å². The first-order valence-electron chi connectivity index (χ1n) is 6.87. The van der Waals surface area contributed by atoms with Gasteiger partial charge in [0.1, 0.15) is 0 Å². The normalized spacial score (nSPS) is 15.9. The number of carbonyl (C=O) groups excluding carboxylic acids is 1. The molecule has 2 atom stereocenters. The van der Waals surface area contributed by atoms with Crippen LogP contribution in [0.1, 0.15) is 45.6 Å². The van der Waals surface area contributed by atoms with E-state index < -0.39 is 5.60 Å². The summed E-state index contributed by atoms with van der Waals surface area (Å²) in [6, 6.07) is 9.99. The van der Waals surface area contributed by atoms with Crippen LogP contribution in [0.2, 0.25) is 0 Å². The molecule has 3 nitrogen and oxygen atoms in total. The fourth-order valence-corrected chi connectivity index (χ4v) is 1.73. The first-order chi connectivity index (χ1) is 8.83. The fourth-order valence-electron chi connectivity index (χ4n) is 1.73. The molecule has 3 heteroatoms. The first-order valence-corrected chi connectivity index (χ1v) is 6.87. The van der Waals surface area contributed by atoms with Gasteiger partial charge in [-0.3, -0.25) is 4.79 Å². The lowest BCUT2D eigenvalue weighted by Crippen LogP contribution is -2.44. The molecule has 0 radical (unpaired) electrons. The molecular formula is C16H25NO2. The number of hydrogen-bond acceptors (Lipinski definition) is 2. The monoisotopic (exact) mass is 263 g/mol. The van der Waals surface area contributed by atoms with E-state index in [1.165, 1.54) is 0 Å². The lowest BCUT2D eigenvalue weighted by molar-refractivity contribution is -0.123. The molecule has 2 N–H and O–H groups in total. The molecule has 0 fully saturated rings. The second kappa shape index (κ2) is 6.71. The van der Waals surface area contributed by atoms with Crippen molar-refractivity contribution in [3.8, 4) is 0 Å². The van der Waals surface area contributed by atoms with E-state index in [9.17, 15) is 9.90 Å². The molecule has 1 rings (SSSR count). The van der Waals surface area contributed by atoms with E-state index in [4.69, 9.17) is 0 Å². The Labute approximate surface area is 116 Å². The second-order valence-corrected chi connectivity index (χ2v) is 5.80. The molecule has 0 aliphatic carbocycles. The van der Waals surface area contributed by atoms with Crippen LogP contribution in [0.4, 0.5) is 0 Å². The number of hydrogen-bond donors (Lipinski definition) is 2. The molecule has 0 spiro atoms. The van der Waals surface area contributed by atoms with Crippen LogP contribution in [-0.2, 0) is 4.79 Å². The summed E-state index contributed by atoms with van der Waals surface area (Å²) < 4.78 is 0. The highest BCUT2D eigenvalue weighted by Gasteiger charge is 2.25. The Morgan fingerprint density at radius 1 is 1.26 bits per heavy atom. The predicted octanol–water partition coefficient (Wildman–Crippen LogP) is 2.70. The summed E-state index contributed by atoms with van der Waals surface area (Å²) in [7, 11) is 0. The number of aliphatic hydroxyl groups is 1. The number of nitrogens with one attached hydrogen (secondary N) is 1. The summed E-state index contributed by atoms with van der Waals surface area (Å²) in [6.45, 7) is 7.97. The Morgan fingerprint density at radius 3 is 2.37 bits per heavy atom. The highest BCUT2D eigenvalue weighted by atomic mass is 16.3. The van der Waals surface area contributed by atoms with Crippen molar-refractivity contribution < 1.29 is 9.90 Å². The van der Waals surface area contributed by atoms with Gasteiger partial charge in [0.05, 0.1) is 5.60 Å². The molecule has 1 amide bonds. The average molecular weight is 263 g/mol. The molecule has 0 aliphatic rings. The van der Waals surface area contributed by atoms with Crippen molar-refractivity contribution in [3.05, 3.63) is 35.9 Å². The van der Waals surface area contributed by atoms with Crippen LogP contribution >= 0.6 is 0 Å². The zero-order valence-corrected chi connectivity index (χ0v) is 12.3. The summed E-state index contributed by atoms with van der Waals surface area (Å²) >= 11 is 0. The Bertz CT molecular complexity index is 398. The van der Waals surface area contributed by atoms with Gasteiger partial charge in [0.15, 0.2) is 0 Å². The average Bonchev–Trinajstić information content (AvgIpc) is 2.37. The molecule has 19 heavy (non-hydrogen) atoms. The van der Waals surface area contributed by atoms with Crippen molar-refractivity contribution in [1.82, 2.24) is 5.32 Å². The van der Waals surface area contributed by atoms with E-state index in [0.29, 0.717) is 13.0 Å². The fraction of sp³-hybridized carbons (Fsp3) is 0.562. The van der Waals surface area contributed by atoms with Crippen LogP contribution in [0.5, 0.6) is 0 Å². The van der Waals surface area contributed by atoms with Crippen molar-refractivity contribution in [2.75, 3.05) is 6.54 Å². The third-order valence-electron chi connectivity index (χ3n) is 3.75. The van der Waals surface area contributed by atoms with Gasteiger partial charge in [0, 0.05) is 13.0 Å². The van der Waals surface area contributed by atoms with Gasteiger partial charge in [0.25, 0.3) is 0 Å². The van der Waals surface area contributed by atoms with Gasteiger partial charge < -0.3 is 10.4 Å². The summed E-state index contributed by atoms with van der Waals surface area (Å²) in [5.41, 5.74) is 0.305. The summed E-state index contributed by atoms with van der Waals surface area (Å²) in [4.78, 5) is 11.9. The molecule has 1 aromatic carbocycles. The Morgan fingerprint density at radius 2 is 1.84 bits per heavy atom. The van der Waals surface area contributed by atoms with Gasteiger partial charge >= 0.3 is 0 Å². The van der Waals surface area contributed by atoms with E-state index in [1.807, 2.05) is 51.1 Å². The maximum atomic E-state index is 11.9. The number of amides is 1. The maximum absolute atomic E-state index is 11.9. The van der Waals surface area contributed by atoms with Crippen LogP contribution in [0.15, 0.2) is 30.3 Å². The number of carbonyl (C=O) groups is 1. The van der Waals surface area contributed by atoms with Crippen molar-refractivity contribution in [2.24, 2.45) is 5.92 Å². The zero-order chi connectivity index (χ0) is 14.5. The largest absolute Gasteiger partial charge is 0.388 e. The van der Waals surface area contributed by atoms with Crippen molar-refractivity contribution in [3.63, 3.8) is 0 Å². The van der Waals surface area contributed by atoms with Crippen LogP contribution in [0.25, 0.3) is 0 Å². The molecule has 2 unspecified atom stereocenters.